The fraction of sp³-hybridized carbons (Fsp3) is 0.385. The highest BCUT2D eigenvalue weighted by atomic mass is 16.6. The van der Waals surface area contributed by atoms with Gasteiger partial charge >= 0.3 is 6.09 Å². The maximum absolute atomic E-state index is 11.6. The first-order valence-electron chi connectivity index (χ1n) is 5.98. The minimum atomic E-state index is -0.409. The van der Waals surface area contributed by atoms with Crippen LogP contribution in [-0.4, -0.2) is 43.1 Å². The van der Waals surface area contributed by atoms with E-state index in [1.807, 2.05) is 30.3 Å². The van der Waals surface area contributed by atoms with Crippen LogP contribution in [0.1, 0.15) is 5.56 Å². The number of rotatable bonds is 5. The molecule has 5 heteroatoms. The molecule has 0 bridgehead atoms. The summed E-state index contributed by atoms with van der Waals surface area (Å²) in [6.07, 6.45) is 0.380. The molecule has 96 valence electrons. The molecule has 1 aliphatic heterocycles. The second-order valence-electron chi connectivity index (χ2n) is 4.12. The molecule has 1 heterocycles. The summed E-state index contributed by atoms with van der Waals surface area (Å²) in [5, 5.41) is 2.79. The van der Waals surface area contributed by atoms with Crippen LogP contribution >= 0.6 is 0 Å². The molecule has 0 radical (unpaired) electrons. The van der Waals surface area contributed by atoms with Crippen LogP contribution in [0.3, 0.4) is 0 Å². The van der Waals surface area contributed by atoms with E-state index < -0.39 is 6.09 Å². The van der Waals surface area contributed by atoms with Gasteiger partial charge in [0.15, 0.2) is 0 Å². The van der Waals surface area contributed by atoms with Crippen molar-refractivity contribution in [3.05, 3.63) is 35.9 Å². The predicted octanol–water partition coefficient (Wildman–Crippen LogP) is 0.797. The van der Waals surface area contributed by atoms with Gasteiger partial charge in [-0.25, -0.2) is 4.79 Å². The second-order valence-corrected chi connectivity index (χ2v) is 4.12. The molecule has 1 aromatic rings. The van der Waals surface area contributed by atoms with Crippen molar-refractivity contribution in [2.45, 2.75) is 6.42 Å². The van der Waals surface area contributed by atoms with Crippen molar-refractivity contribution >= 4 is 12.0 Å². The first-order chi connectivity index (χ1) is 8.75. The summed E-state index contributed by atoms with van der Waals surface area (Å²) in [4.78, 5) is 24.1. The monoisotopic (exact) mass is 248 g/mol. The molecule has 1 N–H and O–H groups in total. The summed E-state index contributed by atoms with van der Waals surface area (Å²) in [5.41, 5.74) is 1.18. The normalized spacial score (nSPS) is 14.4. The smallest absolute Gasteiger partial charge is 0.410 e. The van der Waals surface area contributed by atoms with Crippen LogP contribution in [-0.2, 0) is 16.0 Å². The Morgan fingerprint density at radius 3 is 2.78 bits per heavy atom. The lowest BCUT2D eigenvalue weighted by molar-refractivity contribution is -0.121. The third kappa shape index (κ3) is 3.48. The van der Waals surface area contributed by atoms with Gasteiger partial charge in [0.05, 0.1) is 6.54 Å². The van der Waals surface area contributed by atoms with Gasteiger partial charge in [-0.3, -0.25) is 9.69 Å². The zero-order valence-corrected chi connectivity index (χ0v) is 10.1. The van der Waals surface area contributed by atoms with E-state index in [2.05, 4.69) is 5.32 Å². The Kier molecular flexibility index (Phi) is 4.17. The van der Waals surface area contributed by atoms with Gasteiger partial charge < -0.3 is 10.1 Å². The van der Waals surface area contributed by atoms with Crippen molar-refractivity contribution in [3.63, 3.8) is 0 Å². The lowest BCUT2D eigenvalue weighted by Crippen LogP contribution is -2.38. The molecule has 5 nitrogen and oxygen atoms in total. The number of ether oxygens (including phenoxy) is 1. The highest BCUT2D eigenvalue weighted by Gasteiger charge is 2.23. The molecular formula is C13H16N2O3. The lowest BCUT2D eigenvalue weighted by atomic mass is 10.1. The number of carbonyl (C=O) groups is 2. The molecular weight excluding hydrogens is 232 g/mol. The van der Waals surface area contributed by atoms with Gasteiger partial charge in [-0.1, -0.05) is 30.3 Å². The van der Waals surface area contributed by atoms with Crippen LogP contribution in [0.2, 0.25) is 0 Å². The molecule has 1 saturated heterocycles. The molecule has 0 spiro atoms. The summed E-state index contributed by atoms with van der Waals surface area (Å²) >= 11 is 0. The minimum absolute atomic E-state index is 0.0770. The van der Waals surface area contributed by atoms with Crippen molar-refractivity contribution in [2.24, 2.45) is 0 Å². The highest BCUT2D eigenvalue weighted by Crippen LogP contribution is 2.02. The standard InChI is InChI=1S/C13H16N2O3/c16-12(10-15-8-9-18-13(15)17)14-7-6-11-4-2-1-3-5-11/h1-5H,6-10H2,(H,14,16). The Morgan fingerprint density at radius 1 is 1.33 bits per heavy atom. The summed E-state index contributed by atoms with van der Waals surface area (Å²) in [6, 6.07) is 9.93. The summed E-state index contributed by atoms with van der Waals surface area (Å²) in [6.45, 7) is 1.51. The summed E-state index contributed by atoms with van der Waals surface area (Å²) < 4.78 is 4.75. The molecule has 2 amide bonds. The Balaban J connectivity index is 1.67. The largest absolute Gasteiger partial charge is 0.448 e. The number of amides is 2. The maximum Gasteiger partial charge on any atom is 0.410 e. The first-order valence-corrected chi connectivity index (χ1v) is 5.98. The Morgan fingerprint density at radius 2 is 2.11 bits per heavy atom. The molecule has 0 saturated carbocycles. The minimum Gasteiger partial charge on any atom is -0.448 e. The first kappa shape index (κ1) is 12.4. The zero-order chi connectivity index (χ0) is 12.8. The van der Waals surface area contributed by atoms with Crippen molar-refractivity contribution in [2.75, 3.05) is 26.2 Å². The van der Waals surface area contributed by atoms with Gasteiger partial charge in [-0.15, -0.1) is 0 Å². The number of cyclic esters (lactones) is 1. The van der Waals surface area contributed by atoms with E-state index in [0.29, 0.717) is 19.7 Å². The molecule has 0 aromatic heterocycles. The van der Waals surface area contributed by atoms with Crippen molar-refractivity contribution in [1.82, 2.24) is 10.2 Å². The van der Waals surface area contributed by atoms with E-state index in [1.165, 1.54) is 10.5 Å². The lowest BCUT2D eigenvalue weighted by Gasteiger charge is -2.12. The topological polar surface area (TPSA) is 58.6 Å². The van der Waals surface area contributed by atoms with E-state index in [0.717, 1.165) is 6.42 Å². The molecule has 1 aliphatic rings. The number of hydrogen-bond donors (Lipinski definition) is 1. The van der Waals surface area contributed by atoms with Gasteiger partial charge in [0.1, 0.15) is 13.2 Å². The van der Waals surface area contributed by atoms with E-state index in [1.54, 1.807) is 0 Å². The van der Waals surface area contributed by atoms with Crippen LogP contribution in [0.15, 0.2) is 30.3 Å². The van der Waals surface area contributed by atoms with Crippen molar-refractivity contribution in [3.8, 4) is 0 Å². The van der Waals surface area contributed by atoms with Crippen molar-refractivity contribution in [1.29, 1.82) is 0 Å². The van der Waals surface area contributed by atoms with Gasteiger partial charge in [0.2, 0.25) is 5.91 Å². The van der Waals surface area contributed by atoms with E-state index in [9.17, 15) is 9.59 Å². The SMILES string of the molecule is O=C(CN1CCOC1=O)NCCc1ccccc1. The Bertz CT molecular complexity index is 420. The fourth-order valence-corrected chi connectivity index (χ4v) is 1.79. The van der Waals surface area contributed by atoms with Gasteiger partial charge in [-0.05, 0) is 12.0 Å². The predicted molar refractivity (Wildman–Crippen MR) is 66.1 cm³/mol. The molecule has 1 fully saturated rings. The molecule has 0 unspecified atom stereocenters. The average Bonchev–Trinajstić information content (AvgIpc) is 2.76. The average molecular weight is 248 g/mol. The van der Waals surface area contributed by atoms with Crippen LogP contribution in [0.25, 0.3) is 0 Å². The third-order valence-electron chi connectivity index (χ3n) is 2.76. The summed E-state index contributed by atoms with van der Waals surface area (Å²) in [7, 11) is 0. The Hall–Kier alpha value is -2.04. The van der Waals surface area contributed by atoms with Gasteiger partial charge in [-0.2, -0.15) is 0 Å². The number of hydrogen-bond acceptors (Lipinski definition) is 3. The molecule has 1 aromatic carbocycles. The molecule has 0 aliphatic carbocycles. The van der Waals surface area contributed by atoms with E-state index in [4.69, 9.17) is 4.74 Å². The third-order valence-corrected chi connectivity index (χ3v) is 2.76. The van der Waals surface area contributed by atoms with Gasteiger partial charge in [0, 0.05) is 6.54 Å². The van der Waals surface area contributed by atoms with E-state index in [-0.39, 0.29) is 12.5 Å². The van der Waals surface area contributed by atoms with Gasteiger partial charge in [0.25, 0.3) is 0 Å². The number of carbonyl (C=O) groups excluding carboxylic acids is 2. The van der Waals surface area contributed by atoms with Crippen LogP contribution in [0.5, 0.6) is 0 Å². The van der Waals surface area contributed by atoms with Crippen LogP contribution < -0.4 is 5.32 Å². The van der Waals surface area contributed by atoms with Crippen LogP contribution in [0.4, 0.5) is 4.79 Å². The molecule has 2 rings (SSSR count). The molecule has 18 heavy (non-hydrogen) atoms. The fourth-order valence-electron chi connectivity index (χ4n) is 1.79. The van der Waals surface area contributed by atoms with Crippen molar-refractivity contribution < 1.29 is 14.3 Å². The number of benzene rings is 1. The van der Waals surface area contributed by atoms with E-state index >= 15 is 0 Å². The number of nitrogens with one attached hydrogen (secondary N) is 1. The highest BCUT2D eigenvalue weighted by molar-refractivity contribution is 5.82. The van der Waals surface area contributed by atoms with Crippen LogP contribution in [0, 0.1) is 0 Å². The number of nitrogens with zero attached hydrogens (tertiary/aromatic N) is 1. The molecule has 0 atom stereocenters. The quantitative estimate of drug-likeness (QED) is 0.838. The maximum atomic E-state index is 11.6. The summed E-state index contributed by atoms with van der Waals surface area (Å²) in [5.74, 6) is -0.148. The zero-order valence-electron chi connectivity index (χ0n) is 10.1. The Labute approximate surface area is 106 Å². The second kappa shape index (κ2) is 6.05.